The van der Waals surface area contributed by atoms with Crippen molar-refractivity contribution in [1.29, 1.82) is 0 Å². The minimum absolute atomic E-state index is 0.133. The van der Waals surface area contributed by atoms with Crippen LogP contribution in [-0.2, 0) is 14.8 Å². The van der Waals surface area contributed by atoms with E-state index in [1.54, 1.807) is 6.92 Å². The van der Waals surface area contributed by atoms with E-state index in [1.807, 2.05) is 25.5 Å². The predicted octanol–water partition coefficient (Wildman–Crippen LogP) is 3.17. The Kier molecular flexibility index (Phi) is 6.10. The lowest BCUT2D eigenvalue weighted by Gasteiger charge is -2.22. The number of amides is 1. The monoisotopic (exact) mass is 349 g/mol. The number of hydrogen-bond acceptors (Lipinski definition) is 4. The van der Waals surface area contributed by atoms with Crippen molar-refractivity contribution in [3.05, 3.63) is 24.3 Å². The van der Waals surface area contributed by atoms with Crippen LogP contribution in [0.1, 0.15) is 34.1 Å². The van der Waals surface area contributed by atoms with Crippen LogP contribution in [0.5, 0.6) is 5.75 Å². The van der Waals surface area contributed by atoms with Gasteiger partial charge < -0.3 is 4.74 Å². The molecule has 1 aromatic carbocycles. The maximum absolute atomic E-state index is 12.2. The molecule has 0 spiro atoms. The summed E-state index contributed by atoms with van der Waals surface area (Å²) in [6.45, 7) is 4.39. The summed E-state index contributed by atoms with van der Waals surface area (Å²) in [6.07, 6.45) is 0.503. The molecule has 8 heteroatoms. The Labute approximate surface area is 135 Å². The SMILES string of the molecule is CC(CC(C)(C)C)C(=O)NS(=O)(=O)c1cccc(OC(F)F)c1. The van der Waals surface area contributed by atoms with Gasteiger partial charge in [0, 0.05) is 12.0 Å². The standard InChI is InChI=1S/C15H21F2NO4S/c1-10(9-15(2,3)4)13(19)18-23(20,21)12-7-5-6-11(8-12)22-14(16)17/h5-8,10,14H,9H2,1-4H3,(H,18,19). The molecule has 0 aliphatic heterocycles. The molecule has 0 saturated carbocycles. The predicted molar refractivity (Wildman–Crippen MR) is 81.6 cm³/mol. The number of benzene rings is 1. The van der Waals surface area contributed by atoms with Crippen LogP contribution in [0.2, 0.25) is 0 Å². The number of carbonyl (C=O) groups is 1. The lowest BCUT2D eigenvalue weighted by molar-refractivity contribution is -0.123. The topological polar surface area (TPSA) is 72.5 Å². The van der Waals surface area contributed by atoms with Gasteiger partial charge >= 0.3 is 6.61 Å². The van der Waals surface area contributed by atoms with E-state index in [-0.39, 0.29) is 16.1 Å². The molecule has 0 aromatic heterocycles. The molecule has 0 fully saturated rings. The number of sulfonamides is 1. The van der Waals surface area contributed by atoms with Gasteiger partial charge in [0.2, 0.25) is 5.91 Å². The average Bonchev–Trinajstić information content (AvgIpc) is 2.35. The van der Waals surface area contributed by atoms with Crippen LogP contribution in [0.4, 0.5) is 8.78 Å². The maximum atomic E-state index is 12.2. The Morgan fingerprint density at radius 3 is 2.43 bits per heavy atom. The van der Waals surface area contributed by atoms with E-state index < -0.39 is 28.5 Å². The molecule has 0 radical (unpaired) electrons. The molecule has 130 valence electrons. The molecule has 0 heterocycles. The molecule has 1 unspecified atom stereocenters. The highest BCUT2D eigenvalue weighted by atomic mass is 32.2. The molecule has 1 N–H and O–H groups in total. The summed E-state index contributed by atoms with van der Waals surface area (Å²) in [5, 5.41) is 0. The van der Waals surface area contributed by atoms with Crippen LogP contribution >= 0.6 is 0 Å². The summed E-state index contributed by atoms with van der Waals surface area (Å²) in [5.74, 6) is -1.44. The minimum atomic E-state index is -4.14. The van der Waals surface area contributed by atoms with Crippen LogP contribution in [0.15, 0.2) is 29.2 Å². The summed E-state index contributed by atoms with van der Waals surface area (Å²) in [4.78, 5) is 11.7. The normalized spacial score (nSPS) is 13.7. The first-order valence-corrected chi connectivity index (χ1v) is 8.50. The molecular formula is C15H21F2NO4S. The molecule has 1 atom stereocenters. The number of carbonyl (C=O) groups excluding carboxylic acids is 1. The zero-order valence-electron chi connectivity index (χ0n) is 13.5. The van der Waals surface area contributed by atoms with Gasteiger partial charge in [-0.1, -0.05) is 33.8 Å². The summed E-state index contributed by atoms with van der Waals surface area (Å²) < 4.78 is 54.8. The van der Waals surface area contributed by atoms with Gasteiger partial charge in [-0.15, -0.1) is 0 Å². The van der Waals surface area contributed by atoms with Crippen molar-refractivity contribution >= 4 is 15.9 Å². The lowest BCUT2D eigenvalue weighted by atomic mass is 9.85. The lowest BCUT2D eigenvalue weighted by Crippen LogP contribution is -2.36. The Hall–Kier alpha value is -1.70. The third-order valence-electron chi connectivity index (χ3n) is 2.94. The Morgan fingerprint density at radius 1 is 1.30 bits per heavy atom. The Bertz CT molecular complexity index is 654. The highest BCUT2D eigenvalue weighted by molar-refractivity contribution is 7.90. The zero-order chi connectivity index (χ0) is 17.8. The number of halogens is 2. The fourth-order valence-electron chi connectivity index (χ4n) is 2.12. The molecule has 23 heavy (non-hydrogen) atoms. The zero-order valence-corrected chi connectivity index (χ0v) is 14.3. The molecule has 1 amide bonds. The van der Waals surface area contributed by atoms with Gasteiger partial charge in [0.05, 0.1) is 4.90 Å². The van der Waals surface area contributed by atoms with E-state index in [0.717, 1.165) is 6.07 Å². The average molecular weight is 349 g/mol. The van der Waals surface area contributed by atoms with Crippen molar-refractivity contribution in [2.24, 2.45) is 11.3 Å². The van der Waals surface area contributed by atoms with E-state index in [4.69, 9.17) is 0 Å². The smallest absolute Gasteiger partial charge is 0.387 e. The molecule has 1 aromatic rings. The second-order valence-corrected chi connectivity index (χ2v) is 8.17. The third-order valence-corrected chi connectivity index (χ3v) is 4.29. The van der Waals surface area contributed by atoms with Gasteiger partial charge in [-0.25, -0.2) is 13.1 Å². The van der Waals surface area contributed by atoms with Gasteiger partial charge in [-0.05, 0) is 24.0 Å². The van der Waals surface area contributed by atoms with Crippen LogP contribution in [-0.4, -0.2) is 20.9 Å². The highest BCUT2D eigenvalue weighted by Crippen LogP contribution is 2.25. The number of ether oxygens (including phenoxy) is 1. The highest BCUT2D eigenvalue weighted by Gasteiger charge is 2.25. The van der Waals surface area contributed by atoms with E-state index in [9.17, 15) is 22.0 Å². The van der Waals surface area contributed by atoms with E-state index in [2.05, 4.69) is 4.74 Å². The first-order valence-electron chi connectivity index (χ1n) is 7.02. The van der Waals surface area contributed by atoms with E-state index >= 15 is 0 Å². The fourth-order valence-corrected chi connectivity index (χ4v) is 3.23. The maximum Gasteiger partial charge on any atom is 0.387 e. The molecule has 0 aliphatic carbocycles. The van der Waals surface area contributed by atoms with Gasteiger partial charge in [0.25, 0.3) is 10.0 Å². The summed E-state index contributed by atoms with van der Waals surface area (Å²) in [6, 6.07) is 4.60. The Balaban J connectivity index is 2.89. The van der Waals surface area contributed by atoms with E-state index in [1.165, 1.54) is 18.2 Å². The van der Waals surface area contributed by atoms with E-state index in [0.29, 0.717) is 6.42 Å². The first-order chi connectivity index (χ1) is 10.4. The quantitative estimate of drug-likeness (QED) is 0.856. The minimum Gasteiger partial charge on any atom is -0.435 e. The summed E-state index contributed by atoms with van der Waals surface area (Å²) in [7, 11) is -4.14. The molecular weight excluding hydrogens is 328 g/mol. The van der Waals surface area contributed by atoms with Gasteiger partial charge in [0.15, 0.2) is 0 Å². The molecule has 0 aliphatic rings. The number of alkyl halides is 2. The van der Waals surface area contributed by atoms with Gasteiger partial charge in [-0.2, -0.15) is 8.78 Å². The van der Waals surface area contributed by atoms with Crippen molar-refractivity contribution in [2.75, 3.05) is 0 Å². The van der Waals surface area contributed by atoms with Crippen molar-refractivity contribution in [3.63, 3.8) is 0 Å². The molecule has 0 bridgehead atoms. The second kappa shape index (κ2) is 7.25. The van der Waals surface area contributed by atoms with Crippen LogP contribution in [0.25, 0.3) is 0 Å². The number of hydrogen-bond donors (Lipinski definition) is 1. The van der Waals surface area contributed by atoms with Crippen molar-refractivity contribution in [1.82, 2.24) is 4.72 Å². The first kappa shape index (κ1) is 19.3. The fraction of sp³-hybridized carbons (Fsp3) is 0.533. The van der Waals surface area contributed by atoms with Gasteiger partial charge in [-0.3, -0.25) is 4.79 Å². The van der Waals surface area contributed by atoms with Crippen LogP contribution in [0, 0.1) is 11.3 Å². The van der Waals surface area contributed by atoms with Crippen LogP contribution in [0.3, 0.4) is 0 Å². The van der Waals surface area contributed by atoms with Crippen molar-refractivity contribution in [2.45, 2.75) is 45.6 Å². The number of rotatable bonds is 6. The second-order valence-electron chi connectivity index (χ2n) is 6.49. The largest absolute Gasteiger partial charge is 0.435 e. The summed E-state index contributed by atoms with van der Waals surface area (Å²) in [5.41, 5.74) is -0.133. The molecule has 1 rings (SSSR count). The van der Waals surface area contributed by atoms with Crippen molar-refractivity contribution in [3.8, 4) is 5.75 Å². The van der Waals surface area contributed by atoms with Crippen molar-refractivity contribution < 1.29 is 26.7 Å². The summed E-state index contributed by atoms with van der Waals surface area (Å²) >= 11 is 0. The van der Waals surface area contributed by atoms with Crippen LogP contribution < -0.4 is 9.46 Å². The number of nitrogens with one attached hydrogen (secondary N) is 1. The Morgan fingerprint density at radius 2 is 1.91 bits per heavy atom. The molecule has 0 saturated heterocycles. The van der Waals surface area contributed by atoms with Gasteiger partial charge in [0.1, 0.15) is 5.75 Å². The third kappa shape index (κ3) is 6.52. The molecule has 5 nitrogen and oxygen atoms in total.